The van der Waals surface area contributed by atoms with E-state index in [1.807, 2.05) is 60.7 Å². The molecular weight excluding hydrogens is 502 g/mol. The molecule has 4 rings (SSSR count). The van der Waals surface area contributed by atoms with E-state index in [2.05, 4.69) is 34.7 Å². The molecule has 0 aromatic heterocycles. The number of hydrogen-bond donors (Lipinski definition) is 4. The van der Waals surface area contributed by atoms with Gasteiger partial charge in [-0.2, -0.15) is 0 Å². The van der Waals surface area contributed by atoms with Crippen LogP contribution in [0, 0.1) is 0 Å². The number of nitrogen functional groups attached to an aromatic ring is 1. The number of para-hydroxylation sites is 2. The van der Waals surface area contributed by atoms with Gasteiger partial charge in [0.05, 0.1) is 24.6 Å². The first-order valence-corrected chi connectivity index (χ1v) is 13.8. The molecule has 1 atom stereocenters. The Bertz CT molecular complexity index is 1280. The smallest absolute Gasteiger partial charge is 0.248 e. The van der Waals surface area contributed by atoms with Crippen LogP contribution in [0.25, 0.3) is 6.08 Å². The van der Waals surface area contributed by atoms with Crippen LogP contribution in [0.5, 0.6) is 0 Å². The van der Waals surface area contributed by atoms with Gasteiger partial charge in [-0.25, -0.2) is 0 Å². The van der Waals surface area contributed by atoms with Gasteiger partial charge in [0.2, 0.25) is 11.8 Å². The second-order valence-electron chi connectivity index (χ2n) is 10.2. The van der Waals surface area contributed by atoms with Gasteiger partial charge in [-0.15, -0.1) is 0 Å². The number of nitrogens with zero attached hydrogens (tertiary/aromatic N) is 1. The molecule has 1 heterocycles. The van der Waals surface area contributed by atoms with E-state index in [1.54, 1.807) is 18.2 Å². The molecule has 2 amide bonds. The largest absolute Gasteiger partial charge is 0.397 e. The summed E-state index contributed by atoms with van der Waals surface area (Å²) in [6, 6.07) is 22.2. The molecule has 210 valence electrons. The van der Waals surface area contributed by atoms with E-state index in [4.69, 9.17) is 10.5 Å². The Labute approximate surface area is 236 Å². The Hall–Kier alpha value is -3.98. The standard InChI is InChI=1S/C32H39N5O3/c1-23(2)25-12-14-27(15-13-25)35-32(39)31(34-17-18-37-19-21-40-22-20-37)26-10-7-24(8-11-26)9-16-30(38)36-29-6-4-3-5-28(29)33/h3-16,23,31,34H,17-22,33H2,1-2H3,(H,35,39)(H,36,38)/b16-9+. The normalized spacial score (nSPS) is 14.8. The van der Waals surface area contributed by atoms with E-state index < -0.39 is 6.04 Å². The summed E-state index contributed by atoms with van der Waals surface area (Å²) < 4.78 is 5.44. The molecule has 0 radical (unpaired) electrons. The Morgan fingerprint density at radius 3 is 2.27 bits per heavy atom. The van der Waals surface area contributed by atoms with Crippen LogP contribution in [-0.4, -0.2) is 56.1 Å². The molecule has 8 nitrogen and oxygen atoms in total. The van der Waals surface area contributed by atoms with Crippen LogP contribution >= 0.6 is 0 Å². The van der Waals surface area contributed by atoms with Crippen molar-refractivity contribution in [1.82, 2.24) is 10.2 Å². The fourth-order valence-electron chi connectivity index (χ4n) is 4.48. The topological polar surface area (TPSA) is 109 Å². The van der Waals surface area contributed by atoms with Crippen molar-refractivity contribution in [3.05, 3.63) is 95.6 Å². The summed E-state index contributed by atoms with van der Waals surface area (Å²) in [5, 5.41) is 9.29. The number of morpholine rings is 1. The molecule has 1 aliphatic heterocycles. The van der Waals surface area contributed by atoms with Crippen LogP contribution < -0.4 is 21.7 Å². The summed E-state index contributed by atoms with van der Waals surface area (Å²) in [5.41, 5.74) is 10.7. The van der Waals surface area contributed by atoms with Gasteiger partial charge in [-0.05, 0) is 52.9 Å². The highest BCUT2D eigenvalue weighted by Crippen LogP contribution is 2.21. The summed E-state index contributed by atoms with van der Waals surface area (Å²) in [5.74, 6) is 0.0318. The number of carbonyl (C=O) groups excluding carboxylic acids is 2. The zero-order valence-corrected chi connectivity index (χ0v) is 23.2. The molecule has 0 spiro atoms. The number of nitrogens with one attached hydrogen (secondary N) is 3. The molecule has 1 unspecified atom stereocenters. The van der Waals surface area contributed by atoms with Gasteiger partial charge in [0.25, 0.3) is 0 Å². The van der Waals surface area contributed by atoms with Crippen LogP contribution in [0.15, 0.2) is 78.9 Å². The van der Waals surface area contributed by atoms with Crippen molar-refractivity contribution in [1.29, 1.82) is 0 Å². The van der Waals surface area contributed by atoms with E-state index in [9.17, 15) is 9.59 Å². The van der Waals surface area contributed by atoms with Crippen molar-refractivity contribution in [2.45, 2.75) is 25.8 Å². The fraction of sp³-hybridized carbons (Fsp3) is 0.312. The molecular formula is C32H39N5O3. The number of rotatable bonds is 11. The number of anilines is 3. The predicted molar refractivity (Wildman–Crippen MR) is 162 cm³/mol. The Morgan fingerprint density at radius 2 is 1.60 bits per heavy atom. The number of amides is 2. The second kappa shape index (κ2) is 14.4. The van der Waals surface area contributed by atoms with Gasteiger partial charge >= 0.3 is 0 Å². The van der Waals surface area contributed by atoms with Crippen molar-refractivity contribution in [3.8, 4) is 0 Å². The van der Waals surface area contributed by atoms with E-state index in [-0.39, 0.29) is 11.8 Å². The zero-order chi connectivity index (χ0) is 28.3. The summed E-state index contributed by atoms with van der Waals surface area (Å²) in [6.07, 6.45) is 3.20. The minimum Gasteiger partial charge on any atom is -0.397 e. The lowest BCUT2D eigenvalue weighted by molar-refractivity contribution is -0.118. The molecule has 1 aliphatic rings. The molecule has 3 aromatic carbocycles. The molecule has 0 saturated carbocycles. The third-order valence-electron chi connectivity index (χ3n) is 6.90. The second-order valence-corrected chi connectivity index (χ2v) is 10.2. The van der Waals surface area contributed by atoms with Crippen molar-refractivity contribution < 1.29 is 14.3 Å². The highest BCUT2D eigenvalue weighted by atomic mass is 16.5. The predicted octanol–water partition coefficient (Wildman–Crippen LogP) is 4.65. The van der Waals surface area contributed by atoms with Crippen molar-refractivity contribution in [2.75, 3.05) is 55.8 Å². The van der Waals surface area contributed by atoms with Crippen molar-refractivity contribution >= 4 is 35.0 Å². The Balaban J connectivity index is 1.42. The fourth-order valence-corrected chi connectivity index (χ4v) is 4.48. The van der Waals surface area contributed by atoms with Crippen molar-refractivity contribution in [3.63, 3.8) is 0 Å². The average Bonchev–Trinajstić information content (AvgIpc) is 2.96. The third-order valence-corrected chi connectivity index (χ3v) is 6.90. The number of hydrogen-bond acceptors (Lipinski definition) is 6. The molecule has 1 saturated heterocycles. The van der Waals surface area contributed by atoms with Gasteiger partial charge in [-0.3, -0.25) is 14.5 Å². The SMILES string of the molecule is CC(C)c1ccc(NC(=O)C(NCCN2CCOCC2)c2ccc(/C=C/C(=O)Nc3ccccc3N)cc2)cc1. The minimum absolute atomic E-state index is 0.123. The van der Waals surface area contributed by atoms with E-state index >= 15 is 0 Å². The minimum atomic E-state index is -0.534. The molecule has 0 aliphatic carbocycles. The highest BCUT2D eigenvalue weighted by Gasteiger charge is 2.21. The average molecular weight is 542 g/mol. The first-order valence-electron chi connectivity index (χ1n) is 13.8. The van der Waals surface area contributed by atoms with Crippen LogP contribution in [0.3, 0.4) is 0 Å². The number of ether oxygens (including phenoxy) is 1. The quantitative estimate of drug-likeness (QED) is 0.208. The zero-order valence-electron chi connectivity index (χ0n) is 23.2. The molecule has 40 heavy (non-hydrogen) atoms. The van der Waals surface area contributed by atoms with E-state index in [0.29, 0.717) is 23.8 Å². The lowest BCUT2D eigenvalue weighted by atomic mass is 10.0. The molecule has 5 N–H and O–H groups in total. The molecule has 1 fully saturated rings. The lowest BCUT2D eigenvalue weighted by Crippen LogP contribution is -2.42. The maximum atomic E-state index is 13.4. The first kappa shape index (κ1) is 29.0. The Kier molecular flexibility index (Phi) is 10.5. The monoisotopic (exact) mass is 541 g/mol. The van der Waals surface area contributed by atoms with Gasteiger partial charge in [0.1, 0.15) is 6.04 Å². The van der Waals surface area contributed by atoms with Crippen molar-refractivity contribution in [2.24, 2.45) is 0 Å². The van der Waals surface area contributed by atoms with E-state index in [1.165, 1.54) is 11.6 Å². The molecule has 0 bridgehead atoms. The van der Waals surface area contributed by atoms with E-state index in [0.717, 1.165) is 49.7 Å². The lowest BCUT2D eigenvalue weighted by Gasteiger charge is -2.27. The first-order chi connectivity index (χ1) is 19.4. The maximum Gasteiger partial charge on any atom is 0.248 e. The van der Waals surface area contributed by atoms with Gasteiger partial charge in [-0.1, -0.05) is 62.4 Å². The van der Waals surface area contributed by atoms with Crippen LogP contribution in [-0.2, 0) is 14.3 Å². The maximum absolute atomic E-state index is 13.4. The van der Waals surface area contributed by atoms with Crippen LogP contribution in [0.1, 0.15) is 42.5 Å². The third kappa shape index (κ3) is 8.51. The summed E-state index contributed by atoms with van der Waals surface area (Å²) >= 11 is 0. The van der Waals surface area contributed by atoms with Crippen LogP contribution in [0.4, 0.5) is 17.1 Å². The van der Waals surface area contributed by atoms with Crippen LogP contribution in [0.2, 0.25) is 0 Å². The summed E-state index contributed by atoms with van der Waals surface area (Å²) in [6.45, 7) is 9.05. The summed E-state index contributed by atoms with van der Waals surface area (Å²) in [4.78, 5) is 28.1. The number of benzene rings is 3. The highest BCUT2D eigenvalue weighted by molar-refractivity contribution is 6.03. The summed E-state index contributed by atoms with van der Waals surface area (Å²) in [7, 11) is 0. The van der Waals surface area contributed by atoms with Gasteiger partial charge < -0.3 is 26.4 Å². The number of nitrogens with two attached hydrogens (primary N) is 1. The van der Waals surface area contributed by atoms with Gasteiger partial charge in [0.15, 0.2) is 0 Å². The Morgan fingerprint density at radius 1 is 0.925 bits per heavy atom. The number of carbonyl (C=O) groups is 2. The molecule has 3 aromatic rings. The van der Waals surface area contributed by atoms with Gasteiger partial charge in [0, 0.05) is 37.9 Å². The molecule has 8 heteroatoms.